The summed E-state index contributed by atoms with van der Waals surface area (Å²) in [5, 5.41) is 8.79. The number of hydrogen-bond donors (Lipinski definition) is 1. The Bertz CT molecular complexity index is 361. The third-order valence-electron chi connectivity index (χ3n) is 1.59. The summed E-state index contributed by atoms with van der Waals surface area (Å²) >= 11 is 0. The normalized spacial score (nSPS) is 11.0. The van der Waals surface area contributed by atoms with E-state index < -0.39 is 0 Å². The second-order valence-electron chi connectivity index (χ2n) is 2.76. The van der Waals surface area contributed by atoms with Gasteiger partial charge >= 0.3 is 0 Å². The number of aliphatic hydroxyl groups excluding tert-OH is 1. The zero-order valence-electron chi connectivity index (χ0n) is 7.49. The molecule has 0 spiro atoms. The van der Waals surface area contributed by atoms with Gasteiger partial charge in [0.15, 0.2) is 0 Å². The van der Waals surface area contributed by atoms with Crippen molar-refractivity contribution in [2.24, 2.45) is 0 Å². The van der Waals surface area contributed by atoms with E-state index in [0.717, 1.165) is 16.8 Å². The molecule has 13 heavy (non-hydrogen) atoms. The minimum atomic E-state index is 0.0436. The zero-order chi connectivity index (χ0) is 9.68. The first-order chi connectivity index (χ1) is 6.26. The van der Waals surface area contributed by atoms with Crippen molar-refractivity contribution in [3.63, 3.8) is 0 Å². The van der Waals surface area contributed by atoms with E-state index in [-0.39, 0.29) is 6.61 Å². The number of nitrogens with zero attached hydrogens (tertiary/aromatic N) is 1. The van der Waals surface area contributed by atoms with E-state index in [1.54, 1.807) is 24.4 Å². The molecular weight excluding hydrogens is 162 g/mol. The maximum atomic E-state index is 8.79. The molecule has 1 heterocycles. The third kappa shape index (κ3) is 2.73. The van der Waals surface area contributed by atoms with Crippen molar-refractivity contribution in [3.8, 4) is 12.3 Å². The molecule has 0 fully saturated rings. The van der Waals surface area contributed by atoms with Crippen molar-refractivity contribution in [1.82, 2.24) is 4.98 Å². The second-order valence-corrected chi connectivity index (χ2v) is 2.76. The highest BCUT2D eigenvalue weighted by Gasteiger charge is 1.92. The van der Waals surface area contributed by atoms with Crippen LogP contribution in [0.15, 0.2) is 23.9 Å². The van der Waals surface area contributed by atoms with Crippen LogP contribution in [0, 0.1) is 12.3 Å². The Morgan fingerprint density at radius 3 is 3.15 bits per heavy atom. The highest BCUT2D eigenvalue weighted by Crippen LogP contribution is 2.05. The van der Waals surface area contributed by atoms with Gasteiger partial charge in [-0.25, -0.2) is 0 Å². The van der Waals surface area contributed by atoms with Crippen molar-refractivity contribution in [3.05, 3.63) is 35.2 Å². The summed E-state index contributed by atoms with van der Waals surface area (Å²) in [5.41, 5.74) is 2.44. The molecule has 0 atom stereocenters. The molecule has 0 aliphatic carbocycles. The monoisotopic (exact) mass is 173 g/mol. The van der Waals surface area contributed by atoms with Crippen molar-refractivity contribution in [2.75, 3.05) is 6.61 Å². The molecular formula is C11H11NO. The second kappa shape index (κ2) is 4.44. The first-order valence-corrected chi connectivity index (χ1v) is 3.97. The Labute approximate surface area is 77.9 Å². The van der Waals surface area contributed by atoms with Gasteiger partial charge in [-0.3, -0.25) is 4.98 Å². The van der Waals surface area contributed by atoms with Crippen LogP contribution >= 0.6 is 0 Å². The van der Waals surface area contributed by atoms with Crippen LogP contribution in [0.3, 0.4) is 0 Å². The van der Waals surface area contributed by atoms with Crippen LogP contribution in [-0.2, 0) is 0 Å². The lowest BCUT2D eigenvalue weighted by Crippen LogP contribution is -1.87. The van der Waals surface area contributed by atoms with E-state index in [0.29, 0.717) is 0 Å². The zero-order valence-corrected chi connectivity index (χ0v) is 7.49. The van der Waals surface area contributed by atoms with E-state index in [9.17, 15) is 0 Å². The molecule has 0 bridgehead atoms. The van der Waals surface area contributed by atoms with Crippen molar-refractivity contribution >= 4 is 6.08 Å². The Morgan fingerprint density at radius 1 is 1.77 bits per heavy atom. The van der Waals surface area contributed by atoms with Crippen molar-refractivity contribution in [1.29, 1.82) is 0 Å². The van der Waals surface area contributed by atoms with Gasteiger partial charge < -0.3 is 5.11 Å². The van der Waals surface area contributed by atoms with E-state index in [1.807, 2.05) is 6.92 Å². The number of terminal acetylenes is 1. The van der Waals surface area contributed by atoms with Crippen LogP contribution in [0.2, 0.25) is 0 Å². The maximum Gasteiger partial charge on any atom is 0.0642 e. The molecule has 0 saturated heterocycles. The highest BCUT2D eigenvalue weighted by molar-refractivity contribution is 5.51. The number of aliphatic hydroxyl groups is 1. The van der Waals surface area contributed by atoms with Crippen molar-refractivity contribution < 1.29 is 5.11 Å². The largest absolute Gasteiger partial charge is 0.392 e. The molecule has 1 rings (SSSR count). The van der Waals surface area contributed by atoms with Crippen LogP contribution in [0.4, 0.5) is 0 Å². The minimum absolute atomic E-state index is 0.0436. The minimum Gasteiger partial charge on any atom is -0.392 e. The van der Waals surface area contributed by atoms with E-state index in [1.165, 1.54) is 0 Å². The fourth-order valence-electron chi connectivity index (χ4n) is 0.915. The average Bonchev–Trinajstić information content (AvgIpc) is 2.18. The van der Waals surface area contributed by atoms with Crippen molar-refractivity contribution in [2.45, 2.75) is 6.92 Å². The molecule has 2 nitrogen and oxygen atoms in total. The fraction of sp³-hybridized carbons (Fsp3) is 0.182. The average molecular weight is 173 g/mol. The fourth-order valence-corrected chi connectivity index (χ4v) is 0.915. The SMILES string of the molecule is C#Cc1ccnc(/C=C(\C)CO)c1. The first-order valence-electron chi connectivity index (χ1n) is 3.97. The van der Waals surface area contributed by atoms with Gasteiger partial charge in [-0.1, -0.05) is 5.92 Å². The predicted molar refractivity (Wildman–Crippen MR) is 52.9 cm³/mol. The van der Waals surface area contributed by atoms with Gasteiger partial charge in [-0.05, 0) is 30.7 Å². The first kappa shape index (κ1) is 9.50. The molecule has 0 aliphatic heterocycles. The molecule has 1 aromatic rings. The molecule has 66 valence electrons. The molecule has 0 radical (unpaired) electrons. The molecule has 0 amide bonds. The number of aromatic nitrogens is 1. The lowest BCUT2D eigenvalue weighted by atomic mass is 10.2. The van der Waals surface area contributed by atoms with Crippen LogP contribution in [0.25, 0.3) is 6.08 Å². The molecule has 0 saturated carbocycles. The summed E-state index contributed by atoms with van der Waals surface area (Å²) in [6.07, 6.45) is 8.70. The van der Waals surface area contributed by atoms with Gasteiger partial charge in [0.25, 0.3) is 0 Å². The molecule has 0 aromatic carbocycles. The van der Waals surface area contributed by atoms with Crippen LogP contribution in [0.1, 0.15) is 18.2 Å². The summed E-state index contributed by atoms with van der Waals surface area (Å²) < 4.78 is 0. The lowest BCUT2D eigenvalue weighted by Gasteiger charge is -1.96. The summed E-state index contributed by atoms with van der Waals surface area (Å²) in [4.78, 5) is 4.09. The smallest absolute Gasteiger partial charge is 0.0642 e. The Kier molecular flexibility index (Phi) is 3.24. The van der Waals surface area contributed by atoms with E-state index in [4.69, 9.17) is 11.5 Å². The topological polar surface area (TPSA) is 33.1 Å². The van der Waals surface area contributed by atoms with Crippen LogP contribution in [-0.4, -0.2) is 16.7 Å². The predicted octanol–water partition coefficient (Wildman–Crippen LogP) is 1.46. The Balaban J connectivity index is 2.97. The molecule has 0 unspecified atom stereocenters. The summed E-state index contributed by atoms with van der Waals surface area (Å²) in [6.45, 7) is 1.88. The third-order valence-corrected chi connectivity index (χ3v) is 1.59. The van der Waals surface area contributed by atoms with Gasteiger partial charge in [0.2, 0.25) is 0 Å². The van der Waals surface area contributed by atoms with Crippen LogP contribution < -0.4 is 0 Å². The number of pyridine rings is 1. The van der Waals surface area contributed by atoms with Gasteiger partial charge in [0.1, 0.15) is 0 Å². The lowest BCUT2D eigenvalue weighted by molar-refractivity contribution is 0.332. The van der Waals surface area contributed by atoms with Crippen LogP contribution in [0.5, 0.6) is 0 Å². The Morgan fingerprint density at radius 2 is 2.54 bits per heavy atom. The summed E-state index contributed by atoms with van der Waals surface area (Å²) in [5.74, 6) is 2.53. The molecule has 1 N–H and O–H groups in total. The molecule has 2 heteroatoms. The maximum absolute atomic E-state index is 8.79. The van der Waals surface area contributed by atoms with E-state index >= 15 is 0 Å². The number of hydrogen-bond acceptors (Lipinski definition) is 2. The Hall–Kier alpha value is -1.59. The summed E-state index contributed by atoms with van der Waals surface area (Å²) in [6, 6.07) is 3.57. The quantitative estimate of drug-likeness (QED) is 0.687. The van der Waals surface area contributed by atoms with E-state index in [2.05, 4.69) is 10.9 Å². The van der Waals surface area contributed by atoms with Gasteiger partial charge in [0.05, 0.1) is 12.3 Å². The van der Waals surface area contributed by atoms with Gasteiger partial charge in [-0.2, -0.15) is 0 Å². The summed E-state index contributed by atoms with van der Waals surface area (Å²) in [7, 11) is 0. The highest BCUT2D eigenvalue weighted by atomic mass is 16.3. The molecule has 0 aliphatic rings. The number of rotatable bonds is 2. The standard InChI is InChI=1S/C11H11NO/c1-3-10-4-5-12-11(7-10)6-9(2)8-13/h1,4-7,13H,8H2,2H3/b9-6+. The van der Waals surface area contributed by atoms with Gasteiger partial charge in [-0.15, -0.1) is 6.42 Å². The molecule has 1 aromatic heterocycles. The van der Waals surface area contributed by atoms with Gasteiger partial charge in [0, 0.05) is 11.8 Å².